The molecule has 7 saturated heterocycles. The molecule has 0 bridgehead atoms. The van der Waals surface area contributed by atoms with Crippen LogP contribution in [0.15, 0.2) is 0 Å². The first-order chi connectivity index (χ1) is 41.1. The maximum atomic E-state index is 12.7. The summed E-state index contributed by atoms with van der Waals surface area (Å²) in [7, 11) is 0. The summed E-state index contributed by atoms with van der Waals surface area (Å²) in [5.41, 5.74) is 0. The van der Waals surface area contributed by atoms with E-state index in [0.717, 1.165) is 20.8 Å². The van der Waals surface area contributed by atoms with Gasteiger partial charge in [0.15, 0.2) is 44.0 Å². The molecule has 0 saturated carbocycles. The molecule has 7 aliphatic heterocycles. The van der Waals surface area contributed by atoms with E-state index in [9.17, 15) is 117 Å². The number of nitrogens with one attached hydrogen (secondary N) is 3. The summed E-state index contributed by atoms with van der Waals surface area (Å²) < 4.78 is 75.5. The van der Waals surface area contributed by atoms with E-state index in [0.29, 0.717) is 0 Å². The summed E-state index contributed by atoms with van der Waals surface area (Å²) in [6.07, 6.45) is -63.3. The van der Waals surface area contributed by atoms with Crippen LogP contribution in [0.3, 0.4) is 0 Å². The first kappa shape index (κ1) is 71.5. The van der Waals surface area contributed by atoms with E-state index >= 15 is 0 Å². The lowest BCUT2D eigenvalue weighted by Gasteiger charge is -2.51. The van der Waals surface area contributed by atoms with E-state index in [1.54, 1.807) is 0 Å². The van der Waals surface area contributed by atoms with Crippen molar-refractivity contribution in [2.75, 3.05) is 46.2 Å². The lowest BCUT2D eigenvalue weighted by molar-refractivity contribution is -0.397. The third kappa shape index (κ3) is 15.8. The van der Waals surface area contributed by atoms with E-state index in [-0.39, 0.29) is 0 Å². The van der Waals surface area contributed by atoms with Gasteiger partial charge in [0.25, 0.3) is 0 Å². The highest BCUT2D eigenvalue weighted by atomic mass is 16.8. The molecule has 0 spiro atoms. The van der Waals surface area contributed by atoms with Gasteiger partial charge in [0.05, 0.1) is 46.2 Å². The molecular weight excluding hydrogens is 1190 g/mol. The average Bonchev–Trinajstić information content (AvgIpc) is 2.68. The summed E-state index contributed by atoms with van der Waals surface area (Å²) in [5, 5.41) is 224. The van der Waals surface area contributed by atoms with Gasteiger partial charge >= 0.3 is 0 Å². The zero-order chi connectivity index (χ0) is 64.2. The highest BCUT2D eigenvalue weighted by Gasteiger charge is 2.59. The van der Waals surface area contributed by atoms with Crippen LogP contribution in [0.2, 0.25) is 0 Å². The van der Waals surface area contributed by atoms with E-state index in [4.69, 9.17) is 61.6 Å². The molecule has 87 heavy (non-hydrogen) atoms. The molecule has 7 aliphatic rings. The fourth-order valence-electron chi connectivity index (χ4n) is 11.1. The number of carbonyl (C=O) groups excluding carboxylic acids is 3. The van der Waals surface area contributed by atoms with Crippen LogP contribution >= 0.6 is 0 Å². The predicted molar refractivity (Wildman–Crippen MR) is 267 cm³/mol. The zero-order valence-corrected chi connectivity index (χ0v) is 46.6. The molecular formula is C48H81N3O36. The summed E-state index contributed by atoms with van der Waals surface area (Å²) in [6, 6.07) is -5.25. The second-order valence-electron chi connectivity index (χ2n) is 21.8. The summed E-state index contributed by atoms with van der Waals surface area (Å²) in [6.45, 7) is -4.02. The van der Waals surface area contributed by atoms with Gasteiger partial charge in [-0.1, -0.05) is 0 Å². The van der Waals surface area contributed by atoms with Crippen molar-refractivity contribution in [2.45, 2.75) is 236 Å². The van der Waals surface area contributed by atoms with Crippen LogP contribution in [-0.4, -0.2) is 381 Å². The Morgan fingerprint density at radius 1 is 0.299 bits per heavy atom. The highest BCUT2D eigenvalue weighted by molar-refractivity contribution is 5.74. The van der Waals surface area contributed by atoms with E-state index in [1.807, 2.05) is 0 Å². The van der Waals surface area contributed by atoms with Crippen LogP contribution < -0.4 is 16.0 Å². The third-order valence-corrected chi connectivity index (χ3v) is 15.7. The quantitative estimate of drug-likeness (QED) is 0.0479. The van der Waals surface area contributed by atoms with Gasteiger partial charge in [-0.3, -0.25) is 14.4 Å². The number of aliphatic hydroxyl groups excluding tert-OH is 20. The van der Waals surface area contributed by atoms with Crippen LogP contribution in [0.5, 0.6) is 0 Å². The van der Waals surface area contributed by atoms with E-state index in [2.05, 4.69) is 16.0 Å². The number of carbonyl (C=O) groups is 3. The van der Waals surface area contributed by atoms with Gasteiger partial charge < -0.3 is 180 Å². The minimum Gasteiger partial charge on any atom is -0.394 e. The fourth-order valence-corrected chi connectivity index (χ4v) is 11.1. The number of ether oxygens (including phenoxy) is 13. The van der Waals surface area contributed by atoms with E-state index in [1.165, 1.54) is 0 Å². The Labute approximate surface area is 492 Å². The van der Waals surface area contributed by atoms with Gasteiger partial charge in [-0.05, 0) is 0 Å². The minimum atomic E-state index is -2.42. The second-order valence-corrected chi connectivity index (χ2v) is 21.8. The lowest BCUT2D eigenvalue weighted by Crippen LogP contribution is -2.71. The first-order valence-electron chi connectivity index (χ1n) is 27.6. The number of aliphatic hydroxyl groups is 20. The standard InChI is InChI=1S/C48H81N3O36/c1-11(58)49-21-28(65)37(17(7-55)76-42(21)74)83-43-22(50-12(2)59)29(66)39(19(9-57)80-43)85-47-36(73)40(27(64)20(82-47)10-75-45-34(71)31(68)24(61)14(4-52)77-45)86-48-41(33(70)26(63)16(6-54)79-48)87-44-23(51-13(3)60)30(67)38(18(8-56)81-44)84-46-35(72)32(69)25(62)15(5-53)78-46/h14-48,52-57,61-74H,4-10H2,1-3H3,(H,49,58)(H,50,59)(H,51,60)/t14-,15-,16-,17-,18-,19-,20-,21-,22-,23-,24-,25+,26-,27-,28-,29-,30-,31+,32+,33+,34+,35-,36+,37-,38-,39-,40+,41+,42?,43+,44+,45+,46+,47+,48-/m1/s1. The number of hydrogen-bond acceptors (Lipinski definition) is 36. The molecule has 39 heteroatoms. The molecule has 35 atom stereocenters. The topological polar surface area (TPSA) is 612 Å². The summed E-state index contributed by atoms with van der Waals surface area (Å²) >= 11 is 0. The molecule has 3 amide bonds. The smallest absolute Gasteiger partial charge is 0.217 e. The van der Waals surface area contributed by atoms with Crippen molar-refractivity contribution in [3.8, 4) is 0 Å². The Hall–Kier alpha value is -2.91. The minimum absolute atomic E-state index is 0.742. The number of hydrogen-bond donors (Lipinski definition) is 23. The third-order valence-electron chi connectivity index (χ3n) is 15.7. The number of rotatable bonds is 22. The van der Waals surface area contributed by atoms with Crippen LogP contribution in [0.4, 0.5) is 0 Å². The summed E-state index contributed by atoms with van der Waals surface area (Å²) in [5.74, 6) is -2.51. The van der Waals surface area contributed by atoms with Crippen LogP contribution in [-0.2, 0) is 76.0 Å². The van der Waals surface area contributed by atoms with Gasteiger partial charge in [-0.15, -0.1) is 0 Å². The normalized spacial score (nSPS) is 48.9. The molecule has 1 unspecified atom stereocenters. The van der Waals surface area contributed by atoms with Crippen molar-refractivity contribution < 1.29 is 178 Å². The van der Waals surface area contributed by atoms with Crippen LogP contribution in [0.25, 0.3) is 0 Å². The Kier molecular flexibility index (Phi) is 25.6. The van der Waals surface area contributed by atoms with Gasteiger partial charge in [-0.25, -0.2) is 0 Å². The molecule has 504 valence electrons. The van der Waals surface area contributed by atoms with Crippen molar-refractivity contribution in [2.24, 2.45) is 0 Å². The van der Waals surface area contributed by atoms with Gasteiger partial charge in [0.2, 0.25) is 17.7 Å². The Morgan fingerprint density at radius 2 is 0.621 bits per heavy atom. The largest absolute Gasteiger partial charge is 0.394 e. The Balaban J connectivity index is 1.20. The van der Waals surface area contributed by atoms with Crippen molar-refractivity contribution in [3.05, 3.63) is 0 Å². The van der Waals surface area contributed by atoms with Crippen LogP contribution in [0, 0.1) is 0 Å². The van der Waals surface area contributed by atoms with Crippen molar-refractivity contribution in [1.29, 1.82) is 0 Å². The van der Waals surface area contributed by atoms with Crippen molar-refractivity contribution in [3.63, 3.8) is 0 Å². The Morgan fingerprint density at radius 3 is 1.07 bits per heavy atom. The summed E-state index contributed by atoms with van der Waals surface area (Å²) in [4.78, 5) is 37.4. The second kappa shape index (κ2) is 31.1. The average molecular weight is 1280 g/mol. The zero-order valence-electron chi connectivity index (χ0n) is 46.6. The highest BCUT2D eigenvalue weighted by Crippen LogP contribution is 2.38. The first-order valence-corrected chi connectivity index (χ1v) is 27.6. The maximum absolute atomic E-state index is 12.7. The van der Waals surface area contributed by atoms with Crippen molar-refractivity contribution in [1.82, 2.24) is 16.0 Å². The molecule has 0 radical (unpaired) electrons. The lowest BCUT2D eigenvalue weighted by atomic mass is 9.93. The van der Waals surface area contributed by atoms with Crippen LogP contribution in [0.1, 0.15) is 20.8 Å². The molecule has 23 N–H and O–H groups in total. The molecule has 0 aromatic carbocycles. The van der Waals surface area contributed by atoms with E-state index < -0.39 is 279 Å². The number of amides is 3. The molecule has 7 heterocycles. The SMILES string of the molecule is CC(=O)N[C@H]1[C@H](O[C@H]2[C@H](O)[C@@H](NC(C)=O)C(O)O[C@@H]2CO)O[C@H](CO)[C@@H](O[C@@H]2O[C@H](CO[C@H]3O[C@H](CO)[C@@H](O)[C@H](O)[C@@H]3O)[C@@H](O)[C@H](O[C@H]3O[C@H](CO)[C@@H](O)[C@H](O)[C@@H]3O[C@@H]3O[C@H](CO)[C@@H](O[C@@H]4O[C@H](CO)[C@H](O)[C@H](O)[C@H]4O)[C@H](O)[C@H]3NC(C)=O)[C@@H]2O)[C@@H]1O. The molecule has 0 aliphatic carbocycles. The molecule has 0 aromatic heterocycles. The predicted octanol–water partition coefficient (Wildman–Crippen LogP) is -15.8. The molecule has 7 rings (SSSR count). The maximum Gasteiger partial charge on any atom is 0.217 e. The van der Waals surface area contributed by atoms with Gasteiger partial charge in [-0.2, -0.15) is 0 Å². The van der Waals surface area contributed by atoms with Gasteiger partial charge in [0.1, 0.15) is 171 Å². The molecule has 0 aromatic rings. The Bertz CT molecular complexity index is 2190. The monoisotopic (exact) mass is 1280 g/mol. The van der Waals surface area contributed by atoms with Gasteiger partial charge in [0, 0.05) is 20.8 Å². The molecule has 39 nitrogen and oxygen atoms in total. The molecule has 7 fully saturated rings. The van der Waals surface area contributed by atoms with Crippen molar-refractivity contribution >= 4 is 17.7 Å². The fraction of sp³-hybridized carbons (Fsp3) is 0.938.